The Kier molecular flexibility index (Phi) is 4.87. The zero-order valence-electron chi connectivity index (χ0n) is 13.7. The molecule has 0 bridgehead atoms. The van der Waals surface area contributed by atoms with Crippen LogP contribution in [0, 0.1) is 0 Å². The van der Waals surface area contributed by atoms with E-state index < -0.39 is 17.9 Å². The van der Waals surface area contributed by atoms with Crippen molar-refractivity contribution in [3.63, 3.8) is 0 Å². The quantitative estimate of drug-likeness (QED) is 0.777. The summed E-state index contributed by atoms with van der Waals surface area (Å²) in [5, 5.41) is 0. The molecule has 8 nitrogen and oxygen atoms in total. The van der Waals surface area contributed by atoms with Crippen molar-refractivity contribution >= 4 is 17.8 Å². The second kappa shape index (κ2) is 7.25. The number of amides is 2. The van der Waals surface area contributed by atoms with Gasteiger partial charge in [-0.25, -0.2) is 4.79 Å². The highest BCUT2D eigenvalue weighted by atomic mass is 16.5. The van der Waals surface area contributed by atoms with Crippen LogP contribution < -0.4 is 0 Å². The Labute approximate surface area is 143 Å². The average Bonchev–Trinajstić information content (AvgIpc) is 3.33. The van der Waals surface area contributed by atoms with E-state index in [1.54, 1.807) is 25.1 Å². The van der Waals surface area contributed by atoms with Crippen LogP contribution >= 0.6 is 0 Å². The highest BCUT2D eigenvalue weighted by Gasteiger charge is 2.39. The van der Waals surface area contributed by atoms with Gasteiger partial charge in [-0.05, 0) is 31.2 Å². The van der Waals surface area contributed by atoms with Gasteiger partial charge in [-0.15, -0.1) is 0 Å². The van der Waals surface area contributed by atoms with E-state index in [1.807, 2.05) is 0 Å². The van der Waals surface area contributed by atoms with E-state index in [1.165, 1.54) is 28.4 Å². The molecule has 1 saturated heterocycles. The van der Waals surface area contributed by atoms with Crippen molar-refractivity contribution in [3.8, 4) is 0 Å². The van der Waals surface area contributed by atoms with Crippen LogP contribution in [-0.2, 0) is 9.53 Å². The molecule has 0 unspecified atom stereocenters. The van der Waals surface area contributed by atoms with Crippen molar-refractivity contribution in [2.24, 2.45) is 0 Å². The van der Waals surface area contributed by atoms with Crippen LogP contribution in [-0.4, -0.2) is 59.9 Å². The lowest BCUT2D eigenvalue weighted by atomic mass is 10.1. The molecule has 25 heavy (non-hydrogen) atoms. The molecule has 2 amide bonds. The molecule has 3 rings (SSSR count). The second-order valence-corrected chi connectivity index (χ2v) is 5.47. The first-order chi connectivity index (χ1) is 12.1. The Hall–Kier alpha value is -3.03. The van der Waals surface area contributed by atoms with Crippen LogP contribution in [0.5, 0.6) is 0 Å². The fraction of sp³-hybridized carbons (Fsp3) is 0.353. The molecule has 0 spiro atoms. The summed E-state index contributed by atoms with van der Waals surface area (Å²) in [6.45, 7) is 2.37. The Morgan fingerprint density at radius 3 is 2.28 bits per heavy atom. The number of furan rings is 2. The van der Waals surface area contributed by atoms with Gasteiger partial charge in [0.15, 0.2) is 11.5 Å². The molecule has 0 aliphatic carbocycles. The molecule has 1 aliphatic heterocycles. The highest BCUT2D eigenvalue weighted by molar-refractivity contribution is 5.96. The number of hydrogen-bond acceptors (Lipinski definition) is 6. The summed E-state index contributed by atoms with van der Waals surface area (Å²) in [5.41, 5.74) is 0. The number of rotatable bonds is 4. The fourth-order valence-corrected chi connectivity index (χ4v) is 2.75. The van der Waals surface area contributed by atoms with Gasteiger partial charge in [0.05, 0.1) is 25.7 Å². The molecular weight excluding hydrogens is 328 g/mol. The van der Waals surface area contributed by atoms with Gasteiger partial charge in [0.1, 0.15) is 6.04 Å². The molecule has 3 heterocycles. The minimum atomic E-state index is -0.898. The van der Waals surface area contributed by atoms with E-state index in [2.05, 4.69) is 0 Å². The minimum Gasteiger partial charge on any atom is -0.464 e. The van der Waals surface area contributed by atoms with Crippen molar-refractivity contribution in [1.82, 2.24) is 9.80 Å². The minimum absolute atomic E-state index is 0.0326. The van der Waals surface area contributed by atoms with Crippen LogP contribution in [0.1, 0.15) is 28.0 Å². The van der Waals surface area contributed by atoms with Gasteiger partial charge in [-0.3, -0.25) is 9.59 Å². The fourth-order valence-electron chi connectivity index (χ4n) is 2.75. The second-order valence-electron chi connectivity index (χ2n) is 5.47. The summed E-state index contributed by atoms with van der Waals surface area (Å²) in [5.74, 6) is -0.967. The van der Waals surface area contributed by atoms with Gasteiger partial charge in [0.25, 0.3) is 11.8 Å². The number of esters is 1. The zero-order valence-corrected chi connectivity index (χ0v) is 13.7. The Morgan fingerprint density at radius 2 is 1.72 bits per heavy atom. The van der Waals surface area contributed by atoms with E-state index in [-0.39, 0.29) is 43.7 Å². The molecule has 1 atom stereocenters. The Bertz CT molecular complexity index is 737. The summed E-state index contributed by atoms with van der Waals surface area (Å²) in [7, 11) is 0. The van der Waals surface area contributed by atoms with Crippen LogP contribution in [0.4, 0.5) is 0 Å². The largest absolute Gasteiger partial charge is 0.464 e. The monoisotopic (exact) mass is 346 g/mol. The highest BCUT2D eigenvalue weighted by Crippen LogP contribution is 2.18. The van der Waals surface area contributed by atoms with Gasteiger partial charge in [0.2, 0.25) is 0 Å². The summed E-state index contributed by atoms with van der Waals surface area (Å²) >= 11 is 0. The summed E-state index contributed by atoms with van der Waals surface area (Å²) in [6, 6.07) is 5.41. The third kappa shape index (κ3) is 3.42. The first kappa shape index (κ1) is 16.8. The lowest BCUT2D eigenvalue weighted by Gasteiger charge is -2.39. The maximum atomic E-state index is 12.6. The molecule has 1 fully saturated rings. The Balaban J connectivity index is 1.80. The zero-order chi connectivity index (χ0) is 17.8. The topological polar surface area (TPSA) is 93.2 Å². The molecule has 0 aromatic carbocycles. The van der Waals surface area contributed by atoms with E-state index in [0.29, 0.717) is 0 Å². The Morgan fingerprint density at radius 1 is 1.08 bits per heavy atom. The van der Waals surface area contributed by atoms with Crippen molar-refractivity contribution in [2.75, 3.05) is 26.2 Å². The predicted octanol–water partition coefficient (Wildman–Crippen LogP) is 1.40. The molecule has 2 aromatic rings. The van der Waals surface area contributed by atoms with Crippen LogP contribution in [0.3, 0.4) is 0 Å². The standard InChI is InChI=1S/C17H18N2O6/c1-2-23-17(22)12-11-18(15(20)13-5-3-9-24-13)7-8-19(12)16(21)14-6-4-10-25-14/h3-6,9-10,12H,2,7-8,11H2,1H3/t12-/m0/s1. The van der Waals surface area contributed by atoms with E-state index in [4.69, 9.17) is 13.6 Å². The van der Waals surface area contributed by atoms with Gasteiger partial charge in [-0.1, -0.05) is 0 Å². The smallest absolute Gasteiger partial charge is 0.330 e. The molecule has 1 aliphatic rings. The number of nitrogens with zero attached hydrogens (tertiary/aromatic N) is 2. The van der Waals surface area contributed by atoms with Gasteiger partial charge < -0.3 is 23.4 Å². The normalized spacial score (nSPS) is 17.4. The van der Waals surface area contributed by atoms with Gasteiger partial charge >= 0.3 is 5.97 Å². The van der Waals surface area contributed by atoms with Crippen LogP contribution in [0.25, 0.3) is 0 Å². The van der Waals surface area contributed by atoms with Crippen molar-refractivity contribution in [3.05, 3.63) is 48.3 Å². The summed E-state index contributed by atoms with van der Waals surface area (Å²) < 4.78 is 15.3. The third-order valence-electron chi connectivity index (χ3n) is 3.95. The van der Waals surface area contributed by atoms with E-state index >= 15 is 0 Å². The SMILES string of the molecule is CCOC(=O)[C@@H]1CN(C(=O)c2ccco2)CCN1C(=O)c1ccco1. The number of piperazine rings is 1. The molecule has 0 saturated carbocycles. The van der Waals surface area contributed by atoms with E-state index in [0.717, 1.165) is 0 Å². The van der Waals surface area contributed by atoms with Crippen molar-refractivity contribution < 1.29 is 28.0 Å². The number of hydrogen-bond donors (Lipinski definition) is 0. The maximum Gasteiger partial charge on any atom is 0.330 e. The lowest BCUT2D eigenvalue weighted by molar-refractivity contribution is -0.150. The summed E-state index contributed by atoms with van der Waals surface area (Å²) in [6.07, 6.45) is 2.80. The molecular formula is C17H18N2O6. The number of carbonyl (C=O) groups is 3. The van der Waals surface area contributed by atoms with Gasteiger partial charge in [-0.2, -0.15) is 0 Å². The first-order valence-electron chi connectivity index (χ1n) is 7.95. The number of ether oxygens (including phenoxy) is 1. The van der Waals surface area contributed by atoms with E-state index in [9.17, 15) is 14.4 Å². The summed E-state index contributed by atoms with van der Waals surface area (Å²) in [4.78, 5) is 40.2. The predicted molar refractivity (Wildman–Crippen MR) is 84.8 cm³/mol. The van der Waals surface area contributed by atoms with Gasteiger partial charge in [0, 0.05) is 13.1 Å². The van der Waals surface area contributed by atoms with Crippen LogP contribution in [0.15, 0.2) is 45.6 Å². The molecule has 0 radical (unpaired) electrons. The van der Waals surface area contributed by atoms with Crippen molar-refractivity contribution in [2.45, 2.75) is 13.0 Å². The molecule has 8 heteroatoms. The lowest BCUT2D eigenvalue weighted by Crippen LogP contribution is -2.59. The average molecular weight is 346 g/mol. The van der Waals surface area contributed by atoms with Crippen LogP contribution in [0.2, 0.25) is 0 Å². The molecule has 2 aromatic heterocycles. The first-order valence-corrected chi connectivity index (χ1v) is 7.95. The third-order valence-corrected chi connectivity index (χ3v) is 3.95. The number of carbonyl (C=O) groups excluding carboxylic acids is 3. The molecule has 132 valence electrons. The maximum absolute atomic E-state index is 12.6. The van der Waals surface area contributed by atoms with Crippen molar-refractivity contribution in [1.29, 1.82) is 0 Å². The molecule has 0 N–H and O–H groups in total.